The summed E-state index contributed by atoms with van der Waals surface area (Å²) >= 11 is 7.42. The Hall–Kier alpha value is -3.36. The van der Waals surface area contributed by atoms with Crippen molar-refractivity contribution in [2.75, 3.05) is 20.3 Å². The maximum Gasteiger partial charge on any atom is 0.338 e. The zero-order chi connectivity index (χ0) is 25.1. The molecule has 0 fully saturated rings. The maximum absolute atomic E-state index is 13.8. The Morgan fingerprint density at radius 3 is 2.66 bits per heavy atom. The van der Waals surface area contributed by atoms with Crippen LogP contribution in [0.2, 0.25) is 5.02 Å². The fraction of sp³-hybridized carbons (Fsp3) is 0.269. The van der Waals surface area contributed by atoms with Gasteiger partial charge in [-0.2, -0.15) is 0 Å². The minimum absolute atomic E-state index is 0.203. The molecular formula is C26H25ClN2O5S. The molecule has 0 saturated carbocycles. The highest BCUT2D eigenvalue weighted by molar-refractivity contribution is 7.07. The van der Waals surface area contributed by atoms with Gasteiger partial charge in [-0.1, -0.05) is 41.1 Å². The number of para-hydroxylation sites is 1. The van der Waals surface area contributed by atoms with Gasteiger partial charge in [0.05, 0.1) is 36.1 Å². The number of benzene rings is 2. The number of nitrogens with zero attached hydrogens (tertiary/aromatic N) is 2. The van der Waals surface area contributed by atoms with Crippen LogP contribution in [0.3, 0.4) is 0 Å². The number of halogens is 1. The molecule has 9 heteroatoms. The average molecular weight is 513 g/mol. The van der Waals surface area contributed by atoms with E-state index >= 15 is 0 Å². The average Bonchev–Trinajstić information content (AvgIpc) is 3.13. The molecule has 2 heterocycles. The minimum atomic E-state index is -0.753. The number of thiazole rings is 1. The molecule has 0 spiro atoms. The van der Waals surface area contributed by atoms with Crippen LogP contribution in [0.4, 0.5) is 0 Å². The number of carbonyl (C=O) groups excluding carboxylic acids is 1. The van der Waals surface area contributed by atoms with Crippen LogP contribution < -0.4 is 24.4 Å². The Morgan fingerprint density at radius 2 is 1.94 bits per heavy atom. The van der Waals surface area contributed by atoms with Gasteiger partial charge in [0.2, 0.25) is 0 Å². The highest BCUT2D eigenvalue weighted by Crippen LogP contribution is 2.35. The monoisotopic (exact) mass is 512 g/mol. The van der Waals surface area contributed by atoms with E-state index in [9.17, 15) is 9.59 Å². The third kappa shape index (κ3) is 4.76. The summed E-state index contributed by atoms with van der Waals surface area (Å²) in [6.07, 6.45) is 1.73. The summed E-state index contributed by atoms with van der Waals surface area (Å²) in [5.74, 6) is 0.653. The lowest BCUT2D eigenvalue weighted by Gasteiger charge is -2.26. The first-order valence-electron chi connectivity index (χ1n) is 11.1. The molecule has 2 aromatic carbocycles. The number of carbonyl (C=O) groups is 1. The largest absolute Gasteiger partial charge is 0.496 e. The van der Waals surface area contributed by atoms with E-state index in [0.29, 0.717) is 54.9 Å². The first-order valence-corrected chi connectivity index (χ1v) is 12.3. The molecule has 4 rings (SSSR count). The molecule has 35 heavy (non-hydrogen) atoms. The fourth-order valence-electron chi connectivity index (χ4n) is 4.04. The number of allylic oxidation sites excluding steroid dienone is 1. The molecule has 0 N–H and O–H groups in total. The Morgan fingerprint density at radius 1 is 1.17 bits per heavy atom. The summed E-state index contributed by atoms with van der Waals surface area (Å²) in [5, 5.41) is 0.522. The van der Waals surface area contributed by atoms with Gasteiger partial charge in [-0.25, -0.2) is 9.79 Å². The number of hydrogen-bond acceptors (Lipinski definition) is 7. The number of esters is 1. The summed E-state index contributed by atoms with van der Waals surface area (Å²) in [4.78, 5) is 31.9. The van der Waals surface area contributed by atoms with E-state index in [2.05, 4.69) is 4.99 Å². The van der Waals surface area contributed by atoms with Gasteiger partial charge < -0.3 is 14.2 Å². The molecule has 0 aliphatic carbocycles. The smallest absolute Gasteiger partial charge is 0.338 e. The normalized spacial score (nSPS) is 15.5. The van der Waals surface area contributed by atoms with Crippen LogP contribution in [0, 0.1) is 0 Å². The minimum Gasteiger partial charge on any atom is -0.496 e. The molecule has 7 nitrogen and oxygen atoms in total. The Bertz CT molecular complexity index is 1490. The van der Waals surface area contributed by atoms with E-state index in [0.717, 1.165) is 0 Å². The number of hydrogen-bond donors (Lipinski definition) is 0. The second kappa shape index (κ2) is 10.5. The molecule has 1 aromatic heterocycles. The van der Waals surface area contributed by atoms with Crippen LogP contribution in [0.1, 0.15) is 37.9 Å². The zero-order valence-corrected chi connectivity index (χ0v) is 21.4. The van der Waals surface area contributed by atoms with E-state index in [-0.39, 0.29) is 12.2 Å². The van der Waals surface area contributed by atoms with Crippen LogP contribution in [-0.2, 0) is 9.53 Å². The molecule has 1 aliphatic heterocycles. The number of fused-ring (bicyclic) bond motifs is 1. The molecule has 0 amide bonds. The molecule has 0 unspecified atom stereocenters. The SMILES string of the molecule is CCOC(=O)C1=C(C)N=c2s/c(=C\c3cc(Cl)ccc3OC)c(=O)n2[C@@H]1c1ccccc1OCC. The molecule has 1 atom stereocenters. The van der Waals surface area contributed by atoms with Gasteiger partial charge in [-0.15, -0.1) is 0 Å². The van der Waals surface area contributed by atoms with Gasteiger partial charge in [-0.05, 0) is 51.1 Å². The predicted molar refractivity (Wildman–Crippen MR) is 136 cm³/mol. The quantitative estimate of drug-likeness (QED) is 0.449. The summed E-state index contributed by atoms with van der Waals surface area (Å²) in [5.41, 5.74) is 1.85. The molecule has 3 aromatic rings. The van der Waals surface area contributed by atoms with Crippen molar-refractivity contribution < 1.29 is 19.0 Å². The van der Waals surface area contributed by atoms with Gasteiger partial charge in [0.25, 0.3) is 5.56 Å². The standard InChI is InChI=1S/C26H25ClN2O5S/c1-5-33-20-10-8-7-9-18(20)23-22(25(31)34-6-2)15(3)28-26-29(23)24(30)21(35-26)14-16-13-17(27)11-12-19(16)32-4/h7-14,23H,5-6H2,1-4H3/b21-14-/t23-/m1/s1. The van der Waals surface area contributed by atoms with E-state index in [1.54, 1.807) is 45.2 Å². The van der Waals surface area contributed by atoms with E-state index < -0.39 is 12.0 Å². The second-order valence-corrected chi connectivity index (χ2v) is 9.10. The summed E-state index contributed by atoms with van der Waals surface area (Å²) in [6.45, 7) is 6.01. The Labute approximate surface area is 211 Å². The van der Waals surface area contributed by atoms with Crippen molar-refractivity contribution >= 4 is 35.0 Å². The summed E-state index contributed by atoms with van der Waals surface area (Å²) in [6, 6.07) is 11.8. The first-order chi connectivity index (χ1) is 16.9. The maximum atomic E-state index is 13.8. The van der Waals surface area contributed by atoms with Gasteiger partial charge in [0.1, 0.15) is 17.5 Å². The lowest BCUT2D eigenvalue weighted by Crippen LogP contribution is -2.40. The molecule has 1 aliphatic rings. The van der Waals surface area contributed by atoms with Crippen molar-refractivity contribution in [1.82, 2.24) is 4.57 Å². The molecule has 0 radical (unpaired) electrons. The molecule has 0 saturated heterocycles. The van der Waals surface area contributed by atoms with Crippen LogP contribution in [0.25, 0.3) is 6.08 Å². The van der Waals surface area contributed by atoms with Crippen LogP contribution in [-0.4, -0.2) is 30.9 Å². The van der Waals surface area contributed by atoms with Gasteiger partial charge in [0.15, 0.2) is 4.80 Å². The van der Waals surface area contributed by atoms with Crippen molar-refractivity contribution in [3.63, 3.8) is 0 Å². The first kappa shape index (κ1) is 24.8. The number of aromatic nitrogens is 1. The third-order valence-electron chi connectivity index (χ3n) is 5.51. The lowest BCUT2D eigenvalue weighted by molar-refractivity contribution is -0.139. The van der Waals surface area contributed by atoms with E-state index in [4.69, 9.17) is 25.8 Å². The number of rotatable bonds is 7. The Balaban J connectivity index is 2.00. The van der Waals surface area contributed by atoms with Crippen molar-refractivity contribution in [1.29, 1.82) is 0 Å². The molecule has 0 bridgehead atoms. The van der Waals surface area contributed by atoms with E-state index in [1.165, 1.54) is 15.9 Å². The van der Waals surface area contributed by atoms with Crippen molar-refractivity contribution in [3.05, 3.63) is 89.6 Å². The highest BCUT2D eigenvalue weighted by atomic mass is 35.5. The lowest BCUT2D eigenvalue weighted by atomic mass is 9.95. The van der Waals surface area contributed by atoms with Crippen molar-refractivity contribution in [3.8, 4) is 11.5 Å². The number of ether oxygens (including phenoxy) is 3. The fourth-order valence-corrected chi connectivity index (χ4v) is 5.26. The second-order valence-electron chi connectivity index (χ2n) is 7.66. The van der Waals surface area contributed by atoms with Crippen LogP contribution in [0.15, 0.2) is 63.5 Å². The molecule has 182 valence electrons. The van der Waals surface area contributed by atoms with Crippen LogP contribution >= 0.6 is 22.9 Å². The molecular weight excluding hydrogens is 488 g/mol. The predicted octanol–water partition coefficient (Wildman–Crippen LogP) is 3.86. The third-order valence-corrected chi connectivity index (χ3v) is 6.73. The van der Waals surface area contributed by atoms with Crippen LogP contribution in [0.5, 0.6) is 11.5 Å². The topological polar surface area (TPSA) is 79.1 Å². The van der Waals surface area contributed by atoms with Gasteiger partial charge in [0, 0.05) is 16.1 Å². The number of methoxy groups -OCH3 is 1. The van der Waals surface area contributed by atoms with E-state index in [1.807, 2.05) is 31.2 Å². The Kier molecular flexibility index (Phi) is 7.42. The van der Waals surface area contributed by atoms with Crippen molar-refractivity contribution in [2.45, 2.75) is 26.8 Å². The van der Waals surface area contributed by atoms with Crippen molar-refractivity contribution in [2.24, 2.45) is 4.99 Å². The zero-order valence-electron chi connectivity index (χ0n) is 19.8. The van der Waals surface area contributed by atoms with Gasteiger partial charge in [-0.3, -0.25) is 9.36 Å². The summed E-state index contributed by atoms with van der Waals surface area (Å²) in [7, 11) is 1.56. The van der Waals surface area contributed by atoms with Gasteiger partial charge >= 0.3 is 5.97 Å². The summed E-state index contributed by atoms with van der Waals surface area (Å²) < 4.78 is 18.6. The highest BCUT2D eigenvalue weighted by Gasteiger charge is 2.35.